The van der Waals surface area contributed by atoms with Gasteiger partial charge in [-0.25, -0.2) is 0 Å². The number of nitro benzene ring substituents is 1. The highest BCUT2D eigenvalue weighted by Crippen LogP contribution is 2.23. The summed E-state index contributed by atoms with van der Waals surface area (Å²) in [5.41, 5.74) is 0.982. The van der Waals surface area contributed by atoms with Crippen molar-refractivity contribution in [2.45, 2.75) is 12.6 Å². The molecule has 0 radical (unpaired) electrons. The number of aliphatic hydroxyl groups is 1. The van der Waals surface area contributed by atoms with Crippen molar-refractivity contribution in [2.75, 3.05) is 27.3 Å². The zero-order valence-corrected chi connectivity index (χ0v) is 12.5. The van der Waals surface area contributed by atoms with E-state index in [1.807, 2.05) is 11.9 Å². The number of halogens is 1. The van der Waals surface area contributed by atoms with Gasteiger partial charge in [-0.2, -0.15) is 0 Å². The molecule has 0 heterocycles. The predicted octanol–water partition coefficient (Wildman–Crippen LogP) is 1.80. The fourth-order valence-electron chi connectivity index (χ4n) is 1.74. The van der Waals surface area contributed by atoms with E-state index >= 15 is 0 Å². The topological polar surface area (TPSA) is 75.8 Å². The summed E-state index contributed by atoms with van der Waals surface area (Å²) >= 11 is 3.32. The second kappa shape index (κ2) is 7.54. The highest BCUT2D eigenvalue weighted by atomic mass is 79.9. The van der Waals surface area contributed by atoms with Crippen molar-refractivity contribution in [1.29, 1.82) is 0 Å². The van der Waals surface area contributed by atoms with Gasteiger partial charge < -0.3 is 9.84 Å². The number of non-ortho nitro benzene ring substituents is 1. The van der Waals surface area contributed by atoms with Crippen LogP contribution in [-0.4, -0.2) is 48.3 Å². The maximum absolute atomic E-state index is 10.6. The molecular weight excluding hydrogens is 316 g/mol. The van der Waals surface area contributed by atoms with Crippen LogP contribution in [0.2, 0.25) is 0 Å². The standard InChI is InChI=1S/C12H17BrN2O4/c1-14(7-11(16)8-19-2)6-9-3-4-10(15(17)18)5-12(9)13/h3-5,11,16H,6-8H2,1-2H3. The van der Waals surface area contributed by atoms with Crippen molar-refractivity contribution in [1.82, 2.24) is 4.90 Å². The lowest BCUT2D eigenvalue weighted by molar-refractivity contribution is -0.384. The highest BCUT2D eigenvalue weighted by Gasteiger charge is 2.12. The summed E-state index contributed by atoms with van der Waals surface area (Å²) in [7, 11) is 3.41. The average Bonchev–Trinajstić information content (AvgIpc) is 2.31. The Morgan fingerprint density at radius 1 is 1.58 bits per heavy atom. The molecule has 106 valence electrons. The van der Waals surface area contributed by atoms with Gasteiger partial charge in [0, 0.05) is 36.8 Å². The fraction of sp³-hybridized carbons (Fsp3) is 0.500. The molecule has 0 bridgehead atoms. The van der Waals surface area contributed by atoms with Crippen LogP contribution in [0.1, 0.15) is 5.56 Å². The molecule has 1 atom stereocenters. The molecule has 0 amide bonds. The molecule has 0 aliphatic rings. The first-order valence-corrected chi connectivity index (χ1v) is 6.51. The maximum atomic E-state index is 10.6. The Bertz CT molecular complexity index is 442. The van der Waals surface area contributed by atoms with E-state index in [2.05, 4.69) is 15.9 Å². The zero-order chi connectivity index (χ0) is 14.4. The van der Waals surface area contributed by atoms with E-state index in [1.54, 1.807) is 6.07 Å². The van der Waals surface area contributed by atoms with Crippen molar-refractivity contribution in [3.63, 3.8) is 0 Å². The first-order chi connectivity index (χ1) is 8.93. The Labute approximate surface area is 120 Å². The number of hydrogen-bond acceptors (Lipinski definition) is 5. The first-order valence-electron chi connectivity index (χ1n) is 5.72. The monoisotopic (exact) mass is 332 g/mol. The summed E-state index contributed by atoms with van der Waals surface area (Å²) in [5, 5.41) is 20.2. The summed E-state index contributed by atoms with van der Waals surface area (Å²) in [4.78, 5) is 12.1. The molecule has 1 unspecified atom stereocenters. The number of aliphatic hydroxyl groups excluding tert-OH is 1. The summed E-state index contributed by atoms with van der Waals surface area (Å²) in [6.45, 7) is 1.34. The van der Waals surface area contributed by atoms with E-state index in [0.717, 1.165) is 5.56 Å². The van der Waals surface area contributed by atoms with Gasteiger partial charge in [0.15, 0.2) is 0 Å². The van der Waals surface area contributed by atoms with Crippen molar-refractivity contribution in [3.05, 3.63) is 38.3 Å². The molecule has 19 heavy (non-hydrogen) atoms. The molecular formula is C12H17BrN2O4. The molecule has 0 spiro atoms. The second-order valence-electron chi connectivity index (χ2n) is 4.34. The van der Waals surface area contributed by atoms with E-state index in [-0.39, 0.29) is 12.3 Å². The van der Waals surface area contributed by atoms with Crippen molar-refractivity contribution in [2.24, 2.45) is 0 Å². The molecule has 0 aliphatic carbocycles. The van der Waals surface area contributed by atoms with E-state index in [0.29, 0.717) is 17.6 Å². The average molecular weight is 333 g/mol. The van der Waals surface area contributed by atoms with Crippen LogP contribution in [0, 0.1) is 10.1 Å². The lowest BCUT2D eigenvalue weighted by atomic mass is 10.2. The van der Waals surface area contributed by atoms with Crippen molar-refractivity contribution < 1.29 is 14.8 Å². The smallest absolute Gasteiger partial charge is 0.270 e. The number of likely N-dealkylation sites (N-methyl/N-ethyl adjacent to an activating group) is 1. The van der Waals surface area contributed by atoms with Gasteiger partial charge in [0.25, 0.3) is 5.69 Å². The van der Waals surface area contributed by atoms with Gasteiger partial charge in [0.1, 0.15) is 0 Å². The third kappa shape index (κ3) is 5.23. The van der Waals surface area contributed by atoms with Gasteiger partial charge in [-0.3, -0.25) is 15.0 Å². The number of rotatable bonds is 7. The van der Waals surface area contributed by atoms with Gasteiger partial charge in [-0.05, 0) is 18.7 Å². The molecule has 1 aromatic carbocycles. The van der Waals surface area contributed by atoms with Crippen LogP contribution in [0.3, 0.4) is 0 Å². The van der Waals surface area contributed by atoms with Crippen LogP contribution in [0.5, 0.6) is 0 Å². The Morgan fingerprint density at radius 3 is 2.79 bits per heavy atom. The molecule has 1 aromatic rings. The summed E-state index contributed by atoms with van der Waals surface area (Å²) in [6, 6.07) is 4.66. The number of hydrogen-bond donors (Lipinski definition) is 1. The largest absolute Gasteiger partial charge is 0.389 e. The zero-order valence-electron chi connectivity index (χ0n) is 10.9. The number of ether oxygens (including phenoxy) is 1. The molecule has 0 aromatic heterocycles. The fourth-order valence-corrected chi connectivity index (χ4v) is 2.23. The Morgan fingerprint density at radius 2 is 2.26 bits per heavy atom. The second-order valence-corrected chi connectivity index (χ2v) is 5.19. The van der Waals surface area contributed by atoms with Crippen LogP contribution in [0.25, 0.3) is 0 Å². The Kier molecular flexibility index (Phi) is 6.36. The number of nitro groups is 1. The summed E-state index contributed by atoms with van der Waals surface area (Å²) < 4.78 is 5.55. The number of nitrogens with zero attached hydrogens (tertiary/aromatic N) is 2. The number of methoxy groups -OCH3 is 1. The van der Waals surface area contributed by atoms with Crippen LogP contribution in [0.15, 0.2) is 22.7 Å². The van der Waals surface area contributed by atoms with Gasteiger partial charge in [-0.15, -0.1) is 0 Å². The molecule has 1 rings (SSSR count). The van der Waals surface area contributed by atoms with Crippen LogP contribution >= 0.6 is 15.9 Å². The highest BCUT2D eigenvalue weighted by molar-refractivity contribution is 9.10. The Balaban J connectivity index is 2.64. The molecule has 0 aliphatic heterocycles. The van der Waals surface area contributed by atoms with Crippen molar-refractivity contribution in [3.8, 4) is 0 Å². The Hall–Kier alpha value is -1.02. The van der Waals surface area contributed by atoms with Gasteiger partial charge in [0.2, 0.25) is 0 Å². The van der Waals surface area contributed by atoms with E-state index in [4.69, 9.17) is 4.74 Å². The number of benzene rings is 1. The first kappa shape index (κ1) is 16.0. The summed E-state index contributed by atoms with van der Waals surface area (Å²) in [5.74, 6) is 0. The molecule has 0 saturated heterocycles. The summed E-state index contributed by atoms with van der Waals surface area (Å²) in [6.07, 6.45) is -0.549. The van der Waals surface area contributed by atoms with Gasteiger partial charge in [-0.1, -0.05) is 15.9 Å². The molecule has 0 saturated carbocycles. The van der Waals surface area contributed by atoms with E-state index in [9.17, 15) is 15.2 Å². The molecule has 6 nitrogen and oxygen atoms in total. The predicted molar refractivity (Wildman–Crippen MR) is 75.0 cm³/mol. The van der Waals surface area contributed by atoms with E-state index in [1.165, 1.54) is 19.2 Å². The quantitative estimate of drug-likeness (QED) is 0.608. The third-order valence-electron chi connectivity index (χ3n) is 2.57. The molecule has 0 fully saturated rings. The third-order valence-corrected chi connectivity index (χ3v) is 3.31. The molecule has 7 heteroatoms. The maximum Gasteiger partial charge on any atom is 0.270 e. The minimum absolute atomic E-state index is 0.0534. The lowest BCUT2D eigenvalue weighted by Crippen LogP contribution is -2.31. The van der Waals surface area contributed by atoms with Gasteiger partial charge >= 0.3 is 0 Å². The lowest BCUT2D eigenvalue weighted by Gasteiger charge is -2.20. The minimum atomic E-state index is -0.549. The van der Waals surface area contributed by atoms with E-state index < -0.39 is 11.0 Å². The van der Waals surface area contributed by atoms with Gasteiger partial charge in [0.05, 0.1) is 17.6 Å². The van der Waals surface area contributed by atoms with Crippen molar-refractivity contribution >= 4 is 21.6 Å². The normalized spacial score (nSPS) is 12.7. The molecule has 1 N–H and O–H groups in total. The SMILES string of the molecule is COCC(O)CN(C)Cc1ccc([N+](=O)[O-])cc1Br. The van der Waals surface area contributed by atoms with Crippen LogP contribution in [0.4, 0.5) is 5.69 Å². The van der Waals surface area contributed by atoms with Crippen LogP contribution < -0.4 is 0 Å². The minimum Gasteiger partial charge on any atom is -0.389 e. The van der Waals surface area contributed by atoms with Crippen LogP contribution in [-0.2, 0) is 11.3 Å².